The summed E-state index contributed by atoms with van der Waals surface area (Å²) in [6.07, 6.45) is 1.33. The van der Waals surface area contributed by atoms with Crippen LogP contribution in [-0.4, -0.2) is 32.3 Å². The number of non-ortho nitro benzene ring substituents is 1. The molecule has 0 aliphatic rings. The third kappa shape index (κ3) is 3.59. The standard InChI is InChI=1S/C13H14FN5O4/c1-3-23-13(20)9-4-8(19(21)22)5-10(14)12(9)15-6-11-16-7-17-18(11)2/h4-5,7,15H,3,6H2,1-2H3. The SMILES string of the molecule is CCOC(=O)c1cc([N+](=O)[O-])cc(F)c1NCc1ncnn1C. The fourth-order valence-corrected chi connectivity index (χ4v) is 1.89. The Morgan fingerprint density at radius 1 is 1.52 bits per heavy atom. The molecule has 0 bridgehead atoms. The molecule has 1 aromatic carbocycles. The monoisotopic (exact) mass is 323 g/mol. The van der Waals surface area contributed by atoms with Crippen LogP contribution in [-0.2, 0) is 18.3 Å². The average molecular weight is 323 g/mol. The minimum absolute atomic E-state index is 0.0614. The predicted molar refractivity (Wildman–Crippen MR) is 77.3 cm³/mol. The molecule has 0 aliphatic carbocycles. The van der Waals surface area contributed by atoms with E-state index in [4.69, 9.17) is 4.74 Å². The van der Waals surface area contributed by atoms with Gasteiger partial charge in [0.2, 0.25) is 0 Å². The van der Waals surface area contributed by atoms with Crippen LogP contribution in [0.1, 0.15) is 23.1 Å². The van der Waals surface area contributed by atoms with Crippen molar-refractivity contribution >= 4 is 17.3 Å². The first-order valence-electron chi connectivity index (χ1n) is 6.65. The summed E-state index contributed by atoms with van der Waals surface area (Å²) in [4.78, 5) is 25.9. The van der Waals surface area contributed by atoms with E-state index >= 15 is 0 Å². The lowest BCUT2D eigenvalue weighted by Crippen LogP contribution is -2.14. The van der Waals surface area contributed by atoms with Crippen LogP contribution in [0, 0.1) is 15.9 Å². The van der Waals surface area contributed by atoms with Crippen LogP contribution in [0.5, 0.6) is 0 Å². The highest BCUT2D eigenvalue weighted by Crippen LogP contribution is 2.27. The zero-order valence-corrected chi connectivity index (χ0v) is 12.4. The molecule has 0 amide bonds. The molecule has 2 rings (SSSR count). The van der Waals surface area contributed by atoms with Gasteiger partial charge in [-0.3, -0.25) is 14.8 Å². The van der Waals surface area contributed by atoms with Gasteiger partial charge in [0.15, 0.2) is 5.82 Å². The molecule has 0 saturated heterocycles. The first-order chi connectivity index (χ1) is 10.9. The van der Waals surface area contributed by atoms with Gasteiger partial charge in [-0.1, -0.05) is 0 Å². The molecule has 0 saturated carbocycles. The van der Waals surface area contributed by atoms with Crippen LogP contribution in [0.2, 0.25) is 0 Å². The number of rotatable bonds is 6. The van der Waals surface area contributed by atoms with Gasteiger partial charge in [-0.2, -0.15) is 5.10 Å². The Labute approximate surface area is 130 Å². The first-order valence-corrected chi connectivity index (χ1v) is 6.65. The number of benzene rings is 1. The summed E-state index contributed by atoms with van der Waals surface area (Å²) in [6.45, 7) is 1.72. The Morgan fingerprint density at radius 3 is 2.83 bits per heavy atom. The third-order valence-electron chi connectivity index (χ3n) is 3.01. The zero-order valence-electron chi connectivity index (χ0n) is 12.4. The normalized spacial score (nSPS) is 10.4. The van der Waals surface area contributed by atoms with Crippen molar-refractivity contribution in [3.63, 3.8) is 0 Å². The summed E-state index contributed by atoms with van der Waals surface area (Å²) < 4.78 is 20.5. The van der Waals surface area contributed by atoms with E-state index in [1.165, 1.54) is 11.0 Å². The van der Waals surface area contributed by atoms with Gasteiger partial charge in [0, 0.05) is 13.1 Å². The summed E-state index contributed by atoms with van der Waals surface area (Å²) in [6, 6.07) is 1.71. The number of nitrogens with zero attached hydrogens (tertiary/aromatic N) is 4. The highest BCUT2D eigenvalue weighted by atomic mass is 19.1. The fourth-order valence-electron chi connectivity index (χ4n) is 1.89. The van der Waals surface area contributed by atoms with E-state index in [1.807, 2.05) is 0 Å². The van der Waals surface area contributed by atoms with Gasteiger partial charge >= 0.3 is 5.97 Å². The number of carbonyl (C=O) groups is 1. The number of aromatic nitrogens is 3. The average Bonchev–Trinajstić information content (AvgIpc) is 2.90. The van der Waals surface area contributed by atoms with Gasteiger partial charge in [-0.25, -0.2) is 14.2 Å². The molecule has 23 heavy (non-hydrogen) atoms. The Kier molecular flexibility index (Phi) is 4.84. The van der Waals surface area contributed by atoms with E-state index < -0.39 is 22.4 Å². The van der Waals surface area contributed by atoms with Gasteiger partial charge in [0.25, 0.3) is 5.69 Å². The van der Waals surface area contributed by atoms with Crippen molar-refractivity contribution in [3.05, 3.63) is 45.8 Å². The van der Waals surface area contributed by atoms with E-state index in [9.17, 15) is 19.3 Å². The molecule has 0 radical (unpaired) electrons. The van der Waals surface area contributed by atoms with Crippen molar-refractivity contribution in [2.24, 2.45) is 7.05 Å². The van der Waals surface area contributed by atoms with Crippen LogP contribution in [0.4, 0.5) is 15.8 Å². The van der Waals surface area contributed by atoms with Gasteiger partial charge in [0.05, 0.1) is 35.4 Å². The third-order valence-corrected chi connectivity index (χ3v) is 3.01. The molecule has 0 spiro atoms. The summed E-state index contributed by atoms with van der Waals surface area (Å²) >= 11 is 0. The number of halogens is 1. The van der Waals surface area contributed by atoms with E-state index in [1.54, 1.807) is 14.0 Å². The molecule has 0 unspecified atom stereocenters. The van der Waals surface area contributed by atoms with Gasteiger partial charge < -0.3 is 10.1 Å². The molecule has 1 aromatic heterocycles. The van der Waals surface area contributed by atoms with Gasteiger partial charge in [0.1, 0.15) is 12.2 Å². The Hall–Kier alpha value is -3.04. The van der Waals surface area contributed by atoms with Crippen molar-refractivity contribution in [2.45, 2.75) is 13.5 Å². The number of anilines is 1. The van der Waals surface area contributed by atoms with E-state index in [0.29, 0.717) is 5.82 Å². The Bertz CT molecular complexity index is 746. The molecule has 10 heteroatoms. The lowest BCUT2D eigenvalue weighted by molar-refractivity contribution is -0.385. The number of esters is 1. The summed E-state index contributed by atoms with van der Waals surface area (Å²) in [7, 11) is 1.66. The molecule has 0 fully saturated rings. The summed E-state index contributed by atoms with van der Waals surface area (Å²) in [5.74, 6) is -1.28. The molecule has 1 heterocycles. The Balaban J connectivity index is 2.37. The number of hydrogen-bond acceptors (Lipinski definition) is 7. The number of aryl methyl sites for hydroxylation is 1. The maximum absolute atomic E-state index is 14.2. The predicted octanol–water partition coefficient (Wildman–Crippen LogP) is 1.65. The van der Waals surface area contributed by atoms with E-state index in [-0.39, 0.29) is 24.4 Å². The van der Waals surface area contributed by atoms with Crippen LogP contribution >= 0.6 is 0 Å². The van der Waals surface area contributed by atoms with Crippen LogP contribution in [0.15, 0.2) is 18.5 Å². The minimum Gasteiger partial charge on any atom is -0.462 e. The fraction of sp³-hybridized carbons (Fsp3) is 0.308. The van der Waals surface area contributed by atoms with Crippen LogP contribution in [0.3, 0.4) is 0 Å². The second-order valence-electron chi connectivity index (χ2n) is 4.48. The van der Waals surface area contributed by atoms with Gasteiger partial charge in [-0.15, -0.1) is 0 Å². The molecule has 2 aromatic rings. The smallest absolute Gasteiger partial charge is 0.340 e. The number of nitro benzene ring substituents is 1. The molecular formula is C13H14FN5O4. The minimum atomic E-state index is -0.926. The first kappa shape index (κ1) is 16.3. The van der Waals surface area contributed by atoms with E-state index in [0.717, 1.165) is 12.1 Å². The second-order valence-corrected chi connectivity index (χ2v) is 4.48. The summed E-state index contributed by atoms with van der Waals surface area (Å²) in [5.41, 5.74) is -0.965. The molecular weight excluding hydrogens is 309 g/mol. The maximum atomic E-state index is 14.2. The highest BCUT2D eigenvalue weighted by molar-refractivity contribution is 5.96. The van der Waals surface area contributed by atoms with E-state index in [2.05, 4.69) is 15.4 Å². The lowest BCUT2D eigenvalue weighted by Gasteiger charge is -2.12. The quantitative estimate of drug-likeness (QED) is 0.488. The number of nitro groups is 1. The number of carbonyl (C=O) groups excluding carboxylic acids is 1. The van der Waals surface area contributed by atoms with Gasteiger partial charge in [-0.05, 0) is 6.92 Å². The lowest BCUT2D eigenvalue weighted by atomic mass is 10.1. The second kappa shape index (κ2) is 6.81. The highest BCUT2D eigenvalue weighted by Gasteiger charge is 2.22. The molecule has 0 atom stereocenters. The molecule has 9 nitrogen and oxygen atoms in total. The molecule has 0 aliphatic heterocycles. The number of nitrogens with one attached hydrogen (secondary N) is 1. The van der Waals surface area contributed by atoms with Crippen molar-refractivity contribution in [3.8, 4) is 0 Å². The number of hydrogen-bond donors (Lipinski definition) is 1. The Morgan fingerprint density at radius 2 is 2.26 bits per heavy atom. The maximum Gasteiger partial charge on any atom is 0.340 e. The van der Waals surface area contributed by atoms with Crippen LogP contribution < -0.4 is 5.32 Å². The topological polar surface area (TPSA) is 112 Å². The summed E-state index contributed by atoms with van der Waals surface area (Å²) in [5, 5.41) is 17.4. The van der Waals surface area contributed by atoms with Crippen molar-refractivity contribution < 1.29 is 18.8 Å². The van der Waals surface area contributed by atoms with Crippen molar-refractivity contribution in [2.75, 3.05) is 11.9 Å². The van der Waals surface area contributed by atoms with Crippen LogP contribution in [0.25, 0.3) is 0 Å². The van der Waals surface area contributed by atoms with Crippen molar-refractivity contribution in [1.29, 1.82) is 0 Å². The molecule has 122 valence electrons. The molecule has 1 N–H and O–H groups in total. The zero-order chi connectivity index (χ0) is 17.0. The van der Waals surface area contributed by atoms with Crippen molar-refractivity contribution in [1.82, 2.24) is 14.8 Å². The largest absolute Gasteiger partial charge is 0.462 e. The number of ether oxygens (including phenoxy) is 1.